The molecule has 0 radical (unpaired) electrons. The summed E-state index contributed by atoms with van der Waals surface area (Å²) in [6.07, 6.45) is -1.17. The highest BCUT2D eigenvalue weighted by Gasteiger charge is 2.36. The molecule has 1 amide bonds. The Hall–Kier alpha value is -2.12. The third-order valence-corrected chi connectivity index (χ3v) is 1.73. The van der Waals surface area contributed by atoms with Gasteiger partial charge in [0.15, 0.2) is 0 Å². The minimum absolute atomic E-state index is 0.0571. The molecule has 0 aliphatic heterocycles. The molecule has 0 aromatic heterocycles. The van der Waals surface area contributed by atoms with Crippen molar-refractivity contribution in [1.82, 2.24) is 5.32 Å². The molecule has 8 heteroatoms. The van der Waals surface area contributed by atoms with Crippen molar-refractivity contribution < 1.29 is 34.1 Å². The van der Waals surface area contributed by atoms with Crippen molar-refractivity contribution in [3.63, 3.8) is 0 Å². The van der Waals surface area contributed by atoms with Crippen molar-refractivity contribution in [2.75, 3.05) is 0 Å². The quantitative estimate of drug-likeness (QED) is 0.464. The van der Waals surface area contributed by atoms with E-state index in [2.05, 4.69) is 0 Å². The van der Waals surface area contributed by atoms with Crippen LogP contribution in [0.4, 0.5) is 4.79 Å². The number of amides is 1. The molecule has 0 aromatic carbocycles. The van der Waals surface area contributed by atoms with E-state index in [1.165, 1.54) is 0 Å². The van der Waals surface area contributed by atoms with E-state index in [4.69, 9.17) is 14.9 Å². The fraction of sp³-hybridized carbons (Fsp3) is 0.600. The van der Waals surface area contributed by atoms with E-state index in [-0.39, 0.29) is 6.29 Å². The van der Waals surface area contributed by atoms with Crippen LogP contribution in [0.3, 0.4) is 0 Å². The van der Waals surface area contributed by atoms with Crippen LogP contribution < -0.4 is 5.32 Å². The van der Waals surface area contributed by atoms with Crippen molar-refractivity contribution >= 4 is 24.3 Å². The minimum Gasteiger partial charge on any atom is -0.481 e. The summed E-state index contributed by atoms with van der Waals surface area (Å²) in [5.41, 5.74) is -0.868. The lowest BCUT2D eigenvalue weighted by atomic mass is 10.0. The second kappa shape index (κ2) is 5.99. The first-order valence-corrected chi connectivity index (χ1v) is 4.99. The van der Waals surface area contributed by atoms with Gasteiger partial charge in [0.25, 0.3) is 0 Å². The Balaban J connectivity index is 4.84. The summed E-state index contributed by atoms with van der Waals surface area (Å²) in [4.78, 5) is 43.3. The van der Waals surface area contributed by atoms with E-state index < -0.39 is 35.6 Å². The molecule has 0 saturated carbocycles. The van der Waals surface area contributed by atoms with Gasteiger partial charge in [0.1, 0.15) is 23.8 Å². The van der Waals surface area contributed by atoms with Gasteiger partial charge in [-0.3, -0.25) is 4.79 Å². The van der Waals surface area contributed by atoms with Crippen LogP contribution in [0.25, 0.3) is 0 Å². The first-order valence-electron chi connectivity index (χ1n) is 4.99. The zero-order chi connectivity index (χ0) is 14.5. The number of hydrogen-bond donors (Lipinski definition) is 3. The Morgan fingerprint density at radius 2 is 1.67 bits per heavy atom. The smallest absolute Gasteiger partial charge is 0.408 e. The standard InChI is InChI=1S/C10H15NO7/c1-10(2,3)18-9(17)11-6(8(15)16)5(4-12)7(13)14/h4-6H,1-3H3,(H,11,17)(H,13,14)(H,15,16). The van der Waals surface area contributed by atoms with Crippen LogP contribution in [0, 0.1) is 5.92 Å². The Morgan fingerprint density at radius 1 is 1.17 bits per heavy atom. The Labute approximate surface area is 103 Å². The Morgan fingerprint density at radius 3 is 1.94 bits per heavy atom. The largest absolute Gasteiger partial charge is 0.481 e. The molecule has 0 fully saturated rings. The van der Waals surface area contributed by atoms with Gasteiger partial charge in [0, 0.05) is 0 Å². The molecule has 0 spiro atoms. The molecule has 2 unspecified atom stereocenters. The average molecular weight is 261 g/mol. The molecule has 0 aliphatic carbocycles. The fourth-order valence-corrected chi connectivity index (χ4v) is 1.02. The molecule has 8 nitrogen and oxygen atoms in total. The molecule has 0 bridgehead atoms. The number of carboxylic acids is 2. The highest BCUT2D eigenvalue weighted by Crippen LogP contribution is 2.08. The molecule has 0 heterocycles. The fourth-order valence-electron chi connectivity index (χ4n) is 1.02. The monoisotopic (exact) mass is 261 g/mol. The van der Waals surface area contributed by atoms with E-state index in [0.717, 1.165) is 0 Å². The van der Waals surface area contributed by atoms with Gasteiger partial charge in [-0.15, -0.1) is 0 Å². The highest BCUT2D eigenvalue weighted by atomic mass is 16.6. The van der Waals surface area contributed by atoms with Crippen molar-refractivity contribution in [3.05, 3.63) is 0 Å². The van der Waals surface area contributed by atoms with E-state index in [1.807, 2.05) is 5.32 Å². The normalized spacial score (nSPS) is 14.2. The van der Waals surface area contributed by atoms with Gasteiger partial charge in [-0.25, -0.2) is 9.59 Å². The van der Waals surface area contributed by atoms with E-state index in [9.17, 15) is 19.2 Å². The van der Waals surface area contributed by atoms with Crippen molar-refractivity contribution in [1.29, 1.82) is 0 Å². The van der Waals surface area contributed by atoms with Crippen LogP contribution in [0.2, 0.25) is 0 Å². The van der Waals surface area contributed by atoms with Gasteiger partial charge in [0.05, 0.1) is 0 Å². The van der Waals surface area contributed by atoms with Gasteiger partial charge in [-0.2, -0.15) is 0 Å². The summed E-state index contributed by atoms with van der Waals surface area (Å²) < 4.78 is 4.77. The van der Waals surface area contributed by atoms with Crippen molar-refractivity contribution in [2.24, 2.45) is 5.92 Å². The number of nitrogens with one attached hydrogen (secondary N) is 1. The highest BCUT2D eigenvalue weighted by molar-refractivity contribution is 5.95. The minimum atomic E-state index is -1.88. The lowest BCUT2D eigenvalue weighted by molar-refractivity contribution is -0.152. The topological polar surface area (TPSA) is 130 Å². The predicted molar refractivity (Wildman–Crippen MR) is 58.0 cm³/mol. The predicted octanol–water partition coefficient (Wildman–Crippen LogP) is -0.136. The number of hydrogen-bond acceptors (Lipinski definition) is 5. The lowest BCUT2D eigenvalue weighted by Gasteiger charge is -2.22. The maximum Gasteiger partial charge on any atom is 0.408 e. The number of alkyl carbamates (subject to hydrolysis) is 1. The van der Waals surface area contributed by atoms with E-state index in [0.29, 0.717) is 0 Å². The van der Waals surface area contributed by atoms with Gasteiger partial charge in [-0.05, 0) is 20.8 Å². The van der Waals surface area contributed by atoms with Crippen LogP contribution in [0.5, 0.6) is 0 Å². The summed E-state index contributed by atoms with van der Waals surface area (Å²) in [5.74, 6) is -5.16. The molecule has 102 valence electrons. The first-order chi connectivity index (χ1) is 8.08. The third kappa shape index (κ3) is 5.28. The molecule has 0 aliphatic rings. The number of carbonyl (C=O) groups excluding carboxylic acids is 2. The van der Waals surface area contributed by atoms with Gasteiger partial charge >= 0.3 is 18.0 Å². The number of ether oxygens (including phenoxy) is 1. The van der Waals surface area contributed by atoms with Gasteiger partial charge in [-0.1, -0.05) is 0 Å². The number of carbonyl (C=O) groups is 4. The average Bonchev–Trinajstić information content (AvgIpc) is 2.13. The molecule has 0 aromatic rings. The van der Waals surface area contributed by atoms with E-state index >= 15 is 0 Å². The van der Waals surface area contributed by atoms with Crippen LogP contribution in [0.15, 0.2) is 0 Å². The Bertz CT molecular complexity index is 358. The molecular weight excluding hydrogens is 246 g/mol. The number of aldehydes is 1. The van der Waals surface area contributed by atoms with Crippen molar-refractivity contribution in [2.45, 2.75) is 32.4 Å². The van der Waals surface area contributed by atoms with E-state index in [1.54, 1.807) is 20.8 Å². The molecule has 2 atom stereocenters. The summed E-state index contributed by atoms with van der Waals surface area (Å²) in [6.45, 7) is 4.66. The Kier molecular flexibility index (Phi) is 5.28. The lowest BCUT2D eigenvalue weighted by Crippen LogP contribution is -2.50. The summed E-state index contributed by atoms with van der Waals surface area (Å²) in [5, 5.41) is 19.3. The summed E-state index contributed by atoms with van der Waals surface area (Å²) >= 11 is 0. The molecular formula is C10H15NO7. The summed E-state index contributed by atoms with van der Waals surface area (Å²) in [6, 6.07) is -1.88. The molecule has 0 rings (SSSR count). The SMILES string of the molecule is CC(C)(C)OC(=O)NC(C(=O)O)C(C=O)C(=O)O. The van der Waals surface area contributed by atoms with Crippen LogP contribution in [-0.4, -0.2) is 46.2 Å². The number of rotatable bonds is 5. The van der Waals surface area contributed by atoms with Crippen LogP contribution >= 0.6 is 0 Å². The van der Waals surface area contributed by atoms with Crippen LogP contribution in [0.1, 0.15) is 20.8 Å². The first kappa shape index (κ1) is 15.9. The van der Waals surface area contributed by atoms with Gasteiger partial charge in [0.2, 0.25) is 0 Å². The van der Waals surface area contributed by atoms with Crippen LogP contribution in [-0.2, 0) is 19.1 Å². The van der Waals surface area contributed by atoms with Gasteiger partial charge < -0.3 is 25.1 Å². The zero-order valence-corrected chi connectivity index (χ0v) is 10.2. The summed E-state index contributed by atoms with van der Waals surface area (Å²) in [7, 11) is 0. The second-order valence-corrected chi connectivity index (χ2v) is 4.46. The molecule has 0 saturated heterocycles. The third-order valence-electron chi connectivity index (χ3n) is 1.73. The number of aliphatic carboxylic acids is 2. The maximum absolute atomic E-state index is 11.3. The zero-order valence-electron chi connectivity index (χ0n) is 10.2. The molecule has 18 heavy (non-hydrogen) atoms. The number of carboxylic acid groups (broad SMARTS) is 2. The van der Waals surface area contributed by atoms with Crippen molar-refractivity contribution in [3.8, 4) is 0 Å². The molecule has 3 N–H and O–H groups in total. The maximum atomic E-state index is 11.3. The second-order valence-electron chi connectivity index (χ2n) is 4.46.